The van der Waals surface area contributed by atoms with E-state index in [0.717, 1.165) is 18.4 Å². The molecule has 0 saturated heterocycles. The monoisotopic (exact) mass is 446 g/mol. The van der Waals surface area contributed by atoms with Gasteiger partial charge in [0.1, 0.15) is 0 Å². The fourth-order valence-electron chi connectivity index (χ4n) is 4.62. The summed E-state index contributed by atoms with van der Waals surface area (Å²) in [5, 5.41) is 0. The van der Waals surface area contributed by atoms with Crippen molar-refractivity contribution in [3.63, 3.8) is 0 Å². The number of hydrogen-bond donors (Lipinski definition) is 0. The molecule has 1 aliphatic rings. The molecule has 1 aromatic carbocycles. The number of benzene rings is 1. The lowest BCUT2D eigenvalue weighted by atomic mass is 9.70. The maximum absolute atomic E-state index is 6.59. The minimum Gasteiger partial charge on any atom is -0.347 e. The molecule has 0 aromatic heterocycles. The second-order valence-corrected chi connectivity index (χ2v) is 14.0. The minimum atomic E-state index is -0.390. The van der Waals surface area contributed by atoms with Crippen LogP contribution in [0, 0.1) is 22.2 Å². The largest absolute Gasteiger partial charge is 0.347 e. The summed E-state index contributed by atoms with van der Waals surface area (Å²) in [5.41, 5.74) is 2.63. The fourth-order valence-corrected chi connectivity index (χ4v) is 4.62. The third kappa shape index (κ3) is 8.15. The Morgan fingerprint density at radius 2 is 1.38 bits per heavy atom. The Morgan fingerprint density at radius 3 is 1.84 bits per heavy atom. The van der Waals surface area contributed by atoms with Gasteiger partial charge in [-0.05, 0) is 67.8 Å². The first-order valence-corrected chi connectivity index (χ1v) is 12.4. The molecular formula is C29H50O3. The van der Waals surface area contributed by atoms with Crippen molar-refractivity contribution in [1.29, 1.82) is 0 Å². The van der Waals surface area contributed by atoms with Crippen molar-refractivity contribution in [2.24, 2.45) is 22.2 Å². The van der Waals surface area contributed by atoms with Gasteiger partial charge in [0.25, 0.3) is 0 Å². The first-order chi connectivity index (χ1) is 14.4. The quantitative estimate of drug-likeness (QED) is 0.391. The molecule has 1 aromatic rings. The van der Waals surface area contributed by atoms with Gasteiger partial charge in [0.2, 0.25) is 0 Å². The van der Waals surface area contributed by atoms with Crippen molar-refractivity contribution in [3.8, 4) is 0 Å². The van der Waals surface area contributed by atoms with Crippen molar-refractivity contribution in [1.82, 2.24) is 0 Å². The predicted molar refractivity (Wildman–Crippen MR) is 134 cm³/mol. The maximum Gasteiger partial charge on any atom is 0.187 e. The molecule has 1 heterocycles. The average Bonchev–Trinajstić information content (AvgIpc) is 2.94. The van der Waals surface area contributed by atoms with Gasteiger partial charge in [-0.3, -0.25) is 0 Å². The van der Waals surface area contributed by atoms with Crippen molar-refractivity contribution in [2.75, 3.05) is 0 Å². The SMILES string of the molecule is CC(C)(C)CC(CCC(OC1OC(C(C)(C)C)c2ccccc21)OC(C)(C)C)C(C)(C)C. The number of fused-ring (bicyclic) bond motifs is 1. The van der Waals surface area contributed by atoms with Crippen LogP contribution >= 0.6 is 0 Å². The molecule has 0 bridgehead atoms. The van der Waals surface area contributed by atoms with E-state index < -0.39 is 6.29 Å². The third-order valence-corrected chi connectivity index (χ3v) is 6.17. The number of hydrogen-bond acceptors (Lipinski definition) is 3. The Bertz CT molecular complexity index is 724. The van der Waals surface area contributed by atoms with Crippen LogP contribution in [0.3, 0.4) is 0 Å². The Balaban J connectivity index is 2.21. The molecule has 2 rings (SSSR count). The number of rotatable bonds is 7. The standard InChI is InChI=1S/C29H50O3/c1-26(2,3)19-20(27(4,5)6)17-18-23(32-29(10,11)12)30-25-22-16-14-13-15-21(22)24(31-25)28(7,8)9/h13-16,20,23-25H,17-19H2,1-12H3. The summed E-state index contributed by atoms with van der Waals surface area (Å²) in [5.74, 6) is 0.594. The molecule has 0 amide bonds. The average molecular weight is 447 g/mol. The van der Waals surface area contributed by atoms with Gasteiger partial charge >= 0.3 is 0 Å². The summed E-state index contributed by atoms with van der Waals surface area (Å²) in [6.07, 6.45) is 2.43. The van der Waals surface area contributed by atoms with Crippen LogP contribution in [0.4, 0.5) is 0 Å². The highest BCUT2D eigenvalue weighted by molar-refractivity contribution is 5.34. The normalized spacial score (nSPS) is 22.0. The first kappa shape index (κ1) is 27.3. The Labute approximate surface area is 198 Å². The van der Waals surface area contributed by atoms with Crippen LogP contribution in [0.15, 0.2) is 24.3 Å². The van der Waals surface area contributed by atoms with E-state index >= 15 is 0 Å². The predicted octanol–water partition coefficient (Wildman–Crippen LogP) is 8.84. The molecule has 4 unspecified atom stereocenters. The van der Waals surface area contributed by atoms with Crippen molar-refractivity contribution in [2.45, 2.75) is 127 Å². The molecule has 0 aliphatic carbocycles. The molecule has 3 heteroatoms. The lowest BCUT2D eigenvalue weighted by Crippen LogP contribution is -2.33. The second kappa shape index (κ2) is 9.76. The van der Waals surface area contributed by atoms with Crippen LogP contribution < -0.4 is 0 Å². The van der Waals surface area contributed by atoms with Crippen molar-refractivity contribution in [3.05, 3.63) is 35.4 Å². The Morgan fingerprint density at radius 1 is 0.812 bits per heavy atom. The lowest BCUT2D eigenvalue weighted by Gasteiger charge is -2.37. The third-order valence-electron chi connectivity index (χ3n) is 6.17. The maximum atomic E-state index is 6.59. The van der Waals surface area contributed by atoms with Crippen LogP contribution in [-0.2, 0) is 14.2 Å². The van der Waals surface area contributed by atoms with Crippen LogP contribution in [0.25, 0.3) is 0 Å². The summed E-state index contributed by atoms with van der Waals surface area (Å²) in [6, 6.07) is 8.47. The molecule has 0 saturated carbocycles. The summed E-state index contributed by atoms with van der Waals surface area (Å²) in [7, 11) is 0. The summed E-state index contributed by atoms with van der Waals surface area (Å²) in [4.78, 5) is 0. The molecule has 0 N–H and O–H groups in total. The summed E-state index contributed by atoms with van der Waals surface area (Å²) < 4.78 is 19.5. The minimum absolute atomic E-state index is 0.00136. The molecule has 32 heavy (non-hydrogen) atoms. The van der Waals surface area contributed by atoms with Gasteiger partial charge in [0.05, 0.1) is 11.7 Å². The van der Waals surface area contributed by atoms with Crippen LogP contribution in [-0.4, -0.2) is 11.9 Å². The van der Waals surface area contributed by atoms with E-state index in [2.05, 4.69) is 107 Å². The molecule has 0 spiro atoms. The van der Waals surface area contributed by atoms with Gasteiger partial charge in [-0.15, -0.1) is 0 Å². The van der Waals surface area contributed by atoms with Gasteiger partial charge in [0, 0.05) is 5.56 Å². The zero-order valence-corrected chi connectivity index (χ0v) is 23.0. The zero-order valence-electron chi connectivity index (χ0n) is 23.0. The van der Waals surface area contributed by atoms with E-state index in [1.807, 2.05) is 0 Å². The number of ether oxygens (including phenoxy) is 3. The highest BCUT2D eigenvalue weighted by Gasteiger charge is 2.41. The van der Waals surface area contributed by atoms with E-state index in [-0.39, 0.29) is 28.8 Å². The van der Waals surface area contributed by atoms with Crippen molar-refractivity contribution >= 4 is 0 Å². The molecule has 0 fully saturated rings. The molecule has 3 nitrogen and oxygen atoms in total. The molecule has 4 atom stereocenters. The summed E-state index contributed by atoms with van der Waals surface area (Å²) >= 11 is 0. The van der Waals surface area contributed by atoms with Gasteiger partial charge in [-0.1, -0.05) is 86.6 Å². The smallest absolute Gasteiger partial charge is 0.187 e. The van der Waals surface area contributed by atoms with Crippen LogP contribution in [0.2, 0.25) is 0 Å². The van der Waals surface area contributed by atoms with E-state index in [0.29, 0.717) is 11.3 Å². The molecule has 1 aliphatic heterocycles. The van der Waals surface area contributed by atoms with E-state index in [1.54, 1.807) is 0 Å². The lowest BCUT2D eigenvalue weighted by molar-refractivity contribution is -0.286. The fraction of sp³-hybridized carbons (Fsp3) is 0.793. The van der Waals surface area contributed by atoms with Crippen molar-refractivity contribution < 1.29 is 14.2 Å². The molecular weight excluding hydrogens is 396 g/mol. The zero-order chi connectivity index (χ0) is 24.5. The van der Waals surface area contributed by atoms with Gasteiger partial charge in [-0.25, -0.2) is 0 Å². The van der Waals surface area contributed by atoms with E-state index in [4.69, 9.17) is 14.2 Å². The van der Waals surface area contributed by atoms with E-state index in [9.17, 15) is 0 Å². The van der Waals surface area contributed by atoms with Crippen LogP contribution in [0.1, 0.15) is 126 Å². The Hall–Kier alpha value is -0.900. The first-order valence-electron chi connectivity index (χ1n) is 12.4. The topological polar surface area (TPSA) is 27.7 Å². The Kier molecular flexibility index (Phi) is 8.34. The van der Waals surface area contributed by atoms with Gasteiger partial charge in [0.15, 0.2) is 12.6 Å². The highest BCUT2D eigenvalue weighted by atomic mass is 16.8. The van der Waals surface area contributed by atoms with Gasteiger partial charge in [-0.2, -0.15) is 0 Å². The second-order valence-electron chi connectivity index (χ2n) is 14.0. The highest BCUT2D eigenvalue weighted by Crippen LogP contribution is 2.49. The van der Waals surface area contributed by atoms with E-state index in [1.165, 1.54) is 12.0 Å². The van der Waals surface area contributed by atoms with Gasteiger partial charge < -0.3 is 14.2 Å². The van der Waals surface area contributed by atoms with Crippen LogP contribution in [0.5, 0.6) is 0 Å². The molecule has 184 valence electrons. The summed E-state index contributed by atoms with van der Waals surface area (Å²) in [6.45, 7) is 27.0. The molecule has 0 radical (unpaired) electrons.